The zero-order valence-electron chi connectivity index (χ0n) is 12.6. The number of aliphatic hydroxyl groups excluding tert-OH is 1. The van der Waals surface area contributed by atoms with Crippen LogP contribution in [0.15, 0.2) is 53.4 Å². The number of nitrogens with two attached hydrogens (primary N) is 1. The Morgan fingerprint density at radius 2 is 1.87 bits per heavy atom. The van der Waals surface area contributed by atoms with E-state index in [0.717, 1.165) is 5.56 Å². The van der Waals surface area contributed by atoms with Crippen LogP contribution in [0.4, 0.5) is 4.39 Å². The van der Waals surface area contributed by atoms with Crippen LogP contribution < -0.4 is 5.73 Å². The van der Waals surface area contributed by atoms with E-state index in [-0.39, 0.29) is 4.90 Å². The quantitative estimate of drug-likeness (QED) is 0.892. The summed E-state index contributed by atoms with van der Waals surface area (Å²) < 4.78 is 39.2. The molecule has 1 aliphatic rings. The predicted molar refractivity (Wildman–Crippen MR) is 85.3 cm³/mol. The standard InChI is InChI=1S/C17H18FNO3S/c1-11-5-7-14(8-6-11)23(21,22)16-15(17(16,19)10-20)12-3-2-4-13(18)9-12/h2-9,15-16,20H,10,19H2,1H3/t15-,16-,17-/m1/s1. The smallest absolute Gasteiger partial charge is 0.183 e. The van der Waals surface area contributed by atoms with Gasteiger partial charge in [0.15, 0.2) is 9.84 Å². The third-order valence-corrected chi connectivity index (χ3v) is 6.78. The normalized spacial score (nSPS) is 27.0. The third kappa shape index (κ3) is 2.56. The molecule has 0 bridgehead atoms. The summed E-state index contributed by atoms with van der Waals surface area (Å²) in [5, 5.41) is 8.64. The Kier molecular flexibility index (Phi) is 3.78. The van der Waals surface area contributed by atoms with E-state index >= 15 is 0 Å². The molecule has 1 aliphatic carbocycles. The number of aliphatic hydroxyl groups is 1. The van der Waals surface area contributed by atoms with Crippen molar-refractivity contribution in [3.8, 4) is 0 Å². The summed E-state index contributed by atoms with van der Waals surface area (Å²) in [6, 6.07) is 12.2. The van der Waals surface area contributed by atoms with E-state index in [0.29, 0.717) is 5.56 Å². The van der Waals surface area contributed by atoms with Gasteiger partial charge in [0, 0.05) is 5.92 Å². The molecule has 2 aromatic rings. The third-order valence-electron chi connectivity index (χ3n) is 4.47. The van der Waals surface area contributed by atoms with Crippen molar-refractivity contribution in [1.82, 2.24) is 0 Å². The molecule has 0 aromatic heterocycles. The van der Waals surface area contributed by atoms with Crippen LogP contribution in [0.25, 0.3) is 0 Å². The van der Waals surface area contributed by atoms with E-state index in [4.69, 9.17) is 5.73 Å². The first kappa shape index (κ1) is 16.1. The van der Waals surface area contributed by atoms with Crippen LogP contribution in [0.3, 0.4) is 0 Å². The molecule has 4 nitrogen and oxygen atoms in total. The zero-order valence-corrected chi connectivity index (χ0v) is 13.4. The number of halogens is 1. The number of hydrogen-bond donors (Lipinski definition) is 2. The minimum Gasteiger partial charge on any atom is -0.394 e. The number of aryl methyl sites for hydroxylation is 1. The first-order valence-electron chi connectivity index (χ1n) is 7.26. The molecule has 23 heavy (non-hydrogen) atoms. The maximum Gasteiger partial charge on any atom is 0.183 e. The zero-order chi connectivity index (χ0) is 16.8. The molecule has 0 spiro atoms. The first-order chi connectivity index (χ1) is 10.8. The highest BCUT2D eigenvalue weighted by molar-refractivity contribution is 7.92. The number of benzene rings is 2. The van der Waals surface area contributed by atoms with Gasteiger partial charge in [-0.3, -0.25) is 0 Å². The van der Waals surface area contributed by atoms with E-state index in [1.54, 1.807) is 18.2 Å². The van der Waals surface area contributed by atoms with Crippen molar-refractivity contribution in [3.05, 3.63) is 65.5 Å². The second-order valence-corrected chi connectivity index (χ2v) is 8.15. The van der Waals surface area contributed by atoms with Crippen molar-refractivity contribution in [2.24, 2.45) is 5.73 Å². The summed E-state index contributed by atoms with van der Waals surface area (Å²) in [4.78, 5) is 0.162. The molecule has 0 saturated heterocycles. The van der Waals surface area contributed by atoms with Gasteiger partial charge in [0.1, 0.15) is 5.82 Å². The Morgan fingerprint density at radius 1 is 1.22 bits per heavy atom. The molecule has 0 heterocycles. The monoisotopic (exact) mass is 335 g/mol. The summed E-state index contributed by atoms with van der Waals surface area (Å²) in [6.07, 6.45) is 0. The van der Waals surface area contributed by atoms with Gasteiger partial charge in [-0.05, 0) is 36.8 Å². The number of rotatable bonds is 4. The summed E-state index contributed by atoms with van der Waals surface area (Å²) in [5.41, 5.74) is 6.26. The summed E-state index contributed by atoms with van der Waals surface area (Å²) in [7, 11) is -3.72. The van der Waals surface area contributed by atoms with Crippen molar-refractivity contribution < 1.29 is 17.9 Å². The summed E-state index contributed by atoms with van der Waals surface area (Å²) in [6.45, 7) is 1.38. The van der Waals surface area contributed by atoms with Crippen molar-refractivity contribution in [2.45, 2.75) is 28.5 Å². The molecular weight excluding hydrogens is 317 g/mol. The molecule has 1 fully saturated rings. The van der Waals surface area contributed by atoms with Crippen LogP contribution in [-0.4, -0.2) is 30.9 Å². The van der Waals surface area contributed by atoms with Gasteiger partial charge < -0.3 is 10.8 Å². The molecule has 3 rings (SSSR count). The minimum atomic E-state index is -3.72. The van der Waals surface area contributed by atoms with Crippen molar-refractivity contribution in [2.75, 3.05) is 6.61 Å². The number of sulfone groups is 1. The second kappa shape index (κ2) is 5.40. The lowest BCUT2D eigenvalue weighted by atomic mass is 10.1. The Morgan fingerprint density at radius 3 is 2.43 bits per heavy atom. The Hall–Kier alpha value is -1.76. The molecule has 122 valence electrons. The largest absolute Gasteiger partial charge is 0.394 e. The van der Waals surface area contributed by atoms with Gasteiger partial charge in [-0.1, -0.05) is 29.8 Å². The lowest BCUT2D eigenvalue weighted by Crippen LogP contribution is -2.35. The lowest BCUT2D eigenvalue weighted by Gasteiger charge is -2.08. The fourth-order valence-corrected chi connectivity index (χ4v) is 5.44. The minimum absolute atomic E-state index is 0.162. The number of hydrogen-bond acceptors (Lipinski definition) is 4. The van der Waals surface area contributed by atoms with Crippen molar-refractivity contribution in [1.29, 1.82) is 0 Å². The molecule has 3 N–H and O–H groups in total. The molecule has 0 unspecified atom stereocenters. The van der Waals surface area contributed by atoms with E-state index in [1.165, 1.54) is 30.3 Å². The average molecular weight is 335 g/mol. The average Bonchev–Trinajstić information content (AvgIpc) is 3.15. The van der Waals surface area contributed by atoms with Gasteiger partial charge in [0.05, 0.1) is 22.3 Å². The SMILES string of the molecule is Cc1ccc(S(=O)(=O)[C@@H]2[C@@H](c3cccc(F)c3)[C@]2(N)CO)cc1. The second-order valence-electron chi connectivity index (χ2n) is 6.08. The van der Waals surface area contributed by atoms with Crippen LogP contribution in [0.5, 0.6) is 0 Å². The molecule has 1 saturated carbocycles. The Balaban J connectivity index is 2.03. The van der Waals surface area contributed by atoms with Crippen LogP contribution >= 0.6 is 0 Å². The Bertz CT molecular complexity index is 835. The van der Waals surface area contributed by atoms with Gasteiger partial charge in [0.2, 0.25) is 0 Å². The highest BCUT2D eigenvalue weighted by Gasteiger charge is 2.69. The van der Waals surface area contributed by atoms with Gasteiger partial charge in [0.25, 0.3) is 0 Å². The van der Waals surface area contributed by atoms with Crippen LogP contribution in [0, 0.1) is 12.7 Å². The molecule has 6 heteroatoms. The van der Waals surface area contributed by atoms with Crippen molar-refractivity contribution >= 4 is 9.84 Å². The first-order valence-corrected chi connectivity index (χ1v) is 8.81. The van der Waals surface area contributed by atoms with Crippen LogP contribution in [0.1, 0.15) is 17.0 Å². The highest BCUT2D eigenvalue weighted by Crippen LogP contribution is 2.55. The molecule has 2 aromatic carbocycles. The van der Waals surface area contributed by atoms with E-state index < -0.39 is 39.0 Å². The van der Waals surface area contributed by atoms with Gasteiger partial charge >= 0.3 is 0 Å². The summed E-state index contributed by atoms with van der Waals surface area (Å²) >= 11 is 0. The molecular formula is C17H18FNO3S. The topological polar surface area (TPSA) is 80.4 Å². The summed E-state index contributed by atoms with van der Waals surface area (Å²) in [5.74, 6) is -1.09. The molecule has 0 radical (unpaired) electrons. The maximum absolute atomic E-state index is 13.4. The van der Waals surface area contributed by atoms with Crippen LogP contribution in [-0.2, 0) is 9.84 Å². The van der Waals surface area contributed by atoms with E-state index in [1.807, 2.05) is 6.92 Å². The van der Waals surface area contributed by atoms with Crippen molar-refractivity contribution in [3.63, 3.8) is 0 Å². The molecule has 3 atom stereocenters. The Labute approximate surface area is 134 Å². The van der Waals surface area contributed by atoms with E-state index in [9.17, 15) is 17.9 Å². The molecule has 0 amide bonds. The molecule has 0 aliphatic heterocycles. The van der Waals surface area contributed by atoms with Gasteiger partial charge in [-0.25, -0.2) is 12.8 Å². The highest BCUT2D eigenvalue weighted by atomic mass is 32.2. The maximum atomic E-state index is 13.4. The fraction of sp³-hybridized carbons (Fsp3) is 0.294. The predicted octanol–water partition coefficient (Wildman–Crippen LogP) is 1.76. The van der Waals surface area contributed by atoms with Gasteiger partial charge in [-0.2, -0.15) is 0 Å². The van der Waals surface area contributed by atoms with Gasteiger partial charge in [-0.15, -0.1) is 0 Å². The fourth-order valence-electron chi connectivity index (χ4n) is 3.14. The van der Waals surface area contributed by atoms with E-state index in [2.05, 4.69) is 0 Å². The van der Waals surface area contributed by atoms with Crippen LogP contribution in [0.2, 0.25) is 0 Å². The lowest BCUT2D eigenvalue weighted by molar-refractivity contribution is 0.253.